The van der Waals surface area contributed by atoms with Crippen molar-refractivity contribution in [1.82, 2.24) is 5.32 Å². The van der Waals surface area contributed by atoms with E-state index in [1.807, 2.05) is 12.1 Å². The van der Waals surface area contributed by atoms with E-state index in [9.17, 15) is 9.59 Å². The van der Waals surface area contributed by atoms with Crippen LogP contribution in [0.4, 0.5) is 5.69 Å². The third kappa shape index (κ3) is 4.76. The minimum absolute atomic E-state index is 0.0940. The first-order valence-corrected chi connectivity index (χ1v) is 7.87. The third-order valence-corrected chi connectivity index (χ3v) is 3.98. The van der Waals surface area contributed by atoms with Gasteiger partial charge in [-0.05, 0) is 24.5 Å². The molecule has 5 nitrogen and oxygen atoms in total. The Morgan fingerprint density at radius 2 is 2.09 bits per heavy atom. The van der Waals surface area contributed by atoms with Crippen LogP contribution in [0.3, 0.4) is 0 Å². The number of para-hydroxylation sites is 1. The second-order valence-electron chi connectivity index (χ2n) is 5.61. The Kier molecular flexibility index (Phi) is 6.25. The fraction of sp³-hybridized carbons (Fsp3) is 0.529. The van der Waals surface area contributed by atoms with E-state index in [0.29, 0.717) is 19.4 Å². The van der Waals surface area contributed by atoms with Crippen LogP contribution in [0.25, 0.3) is 0 Å². The number of amides is 1. The number of hydrogen-bond donors (Lipinski definition) is 2. The van der Waals surface area contributed by atoms with Gasteiger partial charge in [-0.2, -0.15) is 0 Å². The van der Waals surface area contributed by atoms with Gasteiger partial charge in [0.2, 0.25) is 5.91 Å². The lowest BCUT2D eigenvalue weighted by atomic mass is 9.97. The summed E-state index contributed by atoms with van der Waals surface area (Å²) in [5.41, 5.74) is 2.37. The molecule has 0 fully saturated rings. The lowest BCUT2D eigenvalue weighted by Gasteiger charge is -2.10. The van der Waals surface area contributed by atoms with Crippen molar-refractivity contribution in [3.63, 3.8) is 0 Å². The first-order valence-electron chi connectivity index (χ1n) is 7.87. The summed E-state index contributed by atoms with van der Waals surface area (Å²) in [6.45, 7) is 1.49. The van der Waals surface area contributed by atoms with Gasteiger partial charge >= 0.3 is 5.97 Å². The largest absolute Gasteiger partial charge is 0.469 e. The van der Waals surface area contributed by atoms with Crippen molar-refractivity contribution in [3.8, 4) is 0 Å². The fourth-order valence-corrected chi connectivity index (χ4v) is 2.74. The first kappa shape index (κ1) is 16.3. The van der Waals surface area contributed by atoms with Gasteiger partial charge in [-0.25, -0.2) is 0 Å². The molecule has 0 radical (unpaired) electrons. The molecule has 1 heterocycles. The highest BCUT2D eigenvalue weighted by molar-refractivity contribution is 5.78. The van der Waals surface area contributed by atoms with Gasteiger partial charge in [-0.3, -0.25) is 9.59 Å². The van der Waals surface area contributed by atoms with Crippen molar-refractivity contribution in [3.05, 3.63) is 29.8 Å². The van der Waals surface area contributed by atoms with Gasteiger partial charge in [-0.1, -0.05) is 24.6 Å². The van der Waals surface area contributed by atoms with E-state index in [-0.39, 0.29) is 17.8 Å². The van der Waals surface area contributed by atoms with Gasteiger partial charge in [-0.15, -0.1) is 0 Å². The van der Waals surface area contributed by atoms with Crippen molar-refractivity contribution >= 4 is 17.6 Å². The van der Waals surface area contributed by atoms with Crippen molar-refractivity contribution in [2.24, 2.45) is 0 Å². The summed E-state index contributed by atoms with van der Waals surface area (Å²) in [6.07, 6.45) is 3.59. The van der Waals surface area contributed by atoms with E-state index in [1.54, 1.807) is 0 Å². The predicted molar refractivity (Wildman–Crippen MR) is 85.8 cm³/mol. The lowest BCUT2D eigenvalue weighted by Crippen LogP contribution is -2.26. The second kappa shape index (κ2) is 8.41. The Morgan fingerprint density at radius 1 is 1.27 bits per heavy atom. The second-order valence-corrected chi connectivity index (χ2v) is 5.61. The SMILES string of the molecule is COC(=O)CCCCCNC(=O)CC1CNc2ccccc21. The summed E-state index contributed by atoms with van der Waals surface area (Å²) in [6, 6.07) is 8.15. The van der Waals surface area contributed by atoms with E-state index in [0.717, 1.165) is 31.5 Å². The molecular formula is C17H24N2O3. The van der Waals surface area contributed by atoms with Crippen LogP contribution in [0.15, 0.2) is 24.3 Å². The highest BCUT2D eigenvalue weighted by Gasteiger charge is 2.23. The Morgan fingerprint density at radius 3 is 2.91 bits per heavy atom. The molecule has 1 aromatic carbocycles. The molecule has 1 aromatic rings. The monoisotopic (exact) mass is 304 g/mol. The van der Waals surface area contributed by atoms with Crippen LogP contribution in [-0.4, -0.2) is 32.1 Å². The smallest absolute Gasteiger partial charge is 0.305 e. The molecule has 0 bridgehead atoms. The maximum absolute atomic E-state index is 12.0. The van der Waals surface area contributed by atoms with Crippen LogP contribution in [0.2, 0.25) is 0 Å². The van der Waals surface area contributed by atoms with E-state index in [2.05, 4.69) is 27.5 Å². The molecule has 1 atom stereocenters. The fourth-order valence-electron chi connectivity index (χ4n) is 2.74. The van der Waals surface area contributed by atoms with Crippen LogP contribution in [0.1, 0.15) is 43.6 Å². The number of ether oxygens (including phenoxy) is 1. The molecule has 0 aliphatic carbocycles. The van der Waals surface area contributed by atoms with Gasteiger partial charge in [0.05, 0.1) is 7.11 Å². The summed E-state index contributed by atoms with van der Waals surface area (Å²) in [5, 5.41) is 6.29. The standard InChI is InChI=1S/C17H24N2O3/c1-22-17(21)9-3-2-6-10-18-16(20)11-13-12-19-15-8-5-4-7-14(13)15/h4-5,7-8,13,19H,2-3,6,9-12H2,1H3,(H,18,20). The summed E-state index contributed by atoms with van der Waals surface area (Å²) >= 11 is 0. The normalized spacial score (nSPS) is 15.8. The molecular weight excluding hydrogens is 280 g/mol. The number of benzene rings is 1. The molecule has 1 aliphatic rings. The number of methoxy groups -OCH3 is 1. The molecule has 22 heavy (non-hydrogen) atoms. The Balaban J connectivity index is 1.60. The minimum Gasteiger partial charge on any atom is -0.469 e. The molecule has 1 unspecified atom stereocenters. The maximum Gasteiger partial charge on any atom is 0.305 e. The molecule has 1 aliphatic heterocycles. The molecule has 2 N–H and O–H groups in total. The number of anilines is 1. The Bertz CT molecular complexity index is 516. The predicted octanol–water partition coefficient (Wildman–Crippen LogP) is 2.44. The molecule has 1 amide bonds. The highest BCUT2D eigenvalue weighted by atomic mass is 16.5. The number of carbonyl (C=O) groups is 2. The first-order chi connectivity index (χ1) is 10.7. The average Bonchev–Trinajstić information content (AvgIpc) is 2.93. The van der Waals surface area contributed by atoms with Crippen LogP contribution >= 0.6 is 0 Å². The van der Waals surface area contributed by atoms with Gasteiger partial charge in [0.25, 0.3) is 0 Å². The molecule has 0 spiro atoms. The Hall–Kier alpha value is -2.04. The number of unbranched alkanes of at least 4 members (excludes halogenated alkanes) is 2. The molecule has 0 saturated carbocycles. The zero-order valence-electron chi connectivity index (χ0n) is 13.1. The zero-order valence-corrected chi connectivity index (χ0v) is 13.1. The number of carbonyl (C=O) groups excluding carboxylic acids is 2. The lowest BCUT2D eigenvalue weighted by molar-refractivity contribution is -0.140. The van der Waals surface area contributed by atoms with Crippen molar-refractivity contribution in [2.75, 3.05) is 25.5 Å². The van der Waals surface area contributed by atoms with E-state index in [1.165, 1.54) is 12.7 Å². The van der Waals surface area contributed by atoms with Gasteiger partial charge < -0.3 is 15.4 Å². The summed E-state index contributed by atoms with van der Waals surface area (Å²) in [5.74, 6) is 0.184. The summed E-state index contributed by atoms with van der Waals surface area (Å²) in [7, 11) is 1.40. The third-order valence-electron chi connectivity index (χ3n) is 3.98. The van der Waals surface area contributed by atoms with E-state index in [4.69, 9.17) is 0 Å². The number of esters is 1. The minimum atomic E-state index is -0.170. The van der Waals surface area contributed by atoms with Crippen molar-refractivity contribution < 1.29 is 14.3 Å². The van der Waals surface area contributed by atoms with Crippen LogP contribution in [-0.2, 0) is 14.3 Å². The quantitative estimate of drug-likeness (QED) is 0.572. The number of hydrogen-bond acceptors (Lipinski definition) is 4. The van der Waals surface area contributed by atoms with E-state index >= 15 is 0 Å². The average molecular weight is 304 g/mol. The van der Waals surface area contributed by atoms with Gasteiger partial charge in [0.15, 0.2) is 0 Å². The number of fused-ring (bicyclic) bond motifs is 1. The summed E-state index contributed by atoms with van der Waals surface area (Å²) in [4.78, 5) is 22.9. The van der Waals surface area contributed by atoms with Crippen LogP contribution < -0.4 is 10.6 Å². The summed E-state index contributed by atoms with van der Waals surface area (Å²) < 4.78 is 4.58. The molecule has 2 rings (SSSR count). The molecule has 0 aromatic heterocycles. The number of rotatable bonds is 8. The number of nitrogens with one attached hydrogen (secondary N) is 2. The van der Waals surface area contributed by atoms with Crippen LogP contribution in [0, 0.1) is 0 Å². The highest BCUT2D eigenvalue weighted by Crippen LogP contribution is 2.32. The molecule has 5 heteroatoms. The van der Waals surface area contributed by atoms with Gasteiger partial charge in [0, 0.05) is 37.5 Å². The molecule has 0 saturated heterocycles. The van der Waals surface area contributed by atoms with Crippen molar-refractivity contribution in [1.29, 1.82) is 0 Å². The Labute approximate surface area is 131 Å². The topological polar surface area (TPSA) is 67.4 Å². The van der Waals surface area contributed by atoms with E-state index < -0.39 is 0 Å². The maximum atomic E-state index is 12.0. The van der Waals surface area contributed by atoms with Crippen LogP contribution in [0.5, 0.6) is 0 Å². The van der Waals surface area contributed by atoms with Gasteiger partial charge in [0.1, 0.15) is 0 Å². The van der Waals surface area contributed by atoms with Crippen molar-refractivity contribution in [2.45, 2.75) is 38.0 Å². The zero-order chi connectivity index (χ0) is 15.8. The molecule has 120 valence electrons.